The zero-order valence-electron chi connectivity index (χ0n) is 13.6. The van der Waals surface area contributed by atoms with Crippen LogP contribution in [0.2, 0.25) is 0 Å². The van der Waals surface area contributed by atoms with Gasteiger partial charge in [-0.25, -0.2) is 9.97 Å². The molecule has 1 atom stereocenters. The average molecular weight is 316 g/mol. The molecule has 1 saturated carbocycles. The minimum Gasteiger partial charge on any atom is -0.354 e. The lowest BCUT2D eigenvalue weighted by Crippen LogP contribution is -2.45. The molecule has 124 valence electrons. The van der Waals surface area contributed by atoms with Crippen LogP contribution >= 0.6 is 0 Å². The highest BCUT2D eigenvalue weighted by Gasteiger charge is 2.32. The van der Waals surface area contributed by atoms with E-state index in [2.05, 4.69) is 15.3 Å². The van der Waals surface area contributed by atoms with Crippen LogP contribution in [-0.4, -0.2) is 46.8 Å². The number of nitrogens with one attached hydrogen (secondary N) is 1. The van der Waals surface area contributed by atoms with Crippen molar-refractivity contribution >= 4 is 11.8 Å². The molecule has 1 aromatic rings. The number of nitrogens with zero attached hydrogens (tertiary/aromatic N) is 3. The van der Waals surface area contributed by atoms with Gasteiger partial charge in [-0.05, 0) is 44.1 Å². The van der Waals surface area contributed by atoms with Gasteiger partial charge in [0.05, 0.1) is 0 Å². The van der Waals surface area contributed by atoms with E-state index < -0.39 is 0 Å². The van der Waals surface area contributed by atoms with E-state index in [4.69, 9.17) is 0 Å². The van der Waals surface area contributed by atoms with E-state index >= 15 is 0 Å². The molecular weight excluding hydrogens is 292 g/mol. The molecule has 0 unspecified atom stereocenters. The number of rotatable bonds is 4. The molecule has 1 aromatic heterocycles. The Morgan fingerprint density at radius 2 is 2.09 bits per heavy atom. The minimum atomic E-state index is -0.195. The first-order valence-electron chi connectivity index (χ1n) is 8.49. The molecule has 0 radical (unpaired) electrons. The third-order valence-corrected chi connectivity index (χ3v) is 4.97. The van der Waals surface area contributed by atoms with Crippen LogP contribution < -0.4 is 5.32 Å². The summed E-state index contributed by atoms with van der Waals surface area (Å²) in [6.45, 7) is 1.70. The Morgan fingerprint density at radius 3 is 2.78 bits per heavy atom. The standard InChI is InChI=1S/C17H24N4O2/c1-18-16(22)15-9-14(19-11-20-15)8-12-4-3-7-21(10-12)17(23)13-5-2-6-13/h9,11-13H,2-8,10H2,1H3,(H,18,22)/t12-/m0/s1. The maximum Gasteiger partial charge on any atom is 0.269 e. The first kappa shape index (κ1) is 15.9. The van der Waals surface area contributed by atoms with Gasteiger partial charge in [-0.2, -0.15) is 0 Å². The van der Waals surface area contributed by atoms with Crippen LogP contribution in [0.3, 0.4) is 0 Å². The van der Waals surface area contributed by atoms with Gasteiger partial charge < -0.3 is 10.2 Å². The van der Waals surface area contributed by atoms with E-state index in [0.29, 0.717) is 17.5 Å². The van der Waals surface area contributed by atoms with Crippen LogP contribution in [0.4, 0.5) is 0 Å². The summed E-state index contributed by atoms with van der Waals surface area (Å²) >= 11 is 0. The number of hydrogen-bond acceptors (Lipinski definition) is 4. The Balaban J connectivity index is 1.61. The van der Waals surface area contributed by atoms with Crippen LogP contribution in [0.25, 0.3) is 0 Å². The first-order valence-corrected chi connectivity index (χ1v) is 8.49. The quantitative estimate of drug-likeness (QED) is 0.911. The van der Waals surface area contributed by atoms with Gasteiger partial charge in [-0.15, -0.1) is 0 Å². The molecule has 6 heteroatoms. The molecule has 0 spiro atoms. The van der Waals surface area contributed by atoms with Crippen LogP contribution in [0.15, 0.2) is 12.4 Å². The van der Waals surface area contributed by atoms with E-state index in [1.54, 1.807) is 13.1 Å². The molecule has 2 aliphatic rings. The number of amides is 2. The summed E-state index contributed by atoms with van der Waals surface area (Å²) in [7, 11) is 1.59. The second kappa shape index (κ2) is 7.06. The Labute approximate surface area is 136 Å². The SMILES string of the molecule is CNC(=O)c1cc(C[C@@H]2CCCN(C(=O)C3CCC3)C2)ncn1. The molecule has 1 N–H and O–H groups in total. The second-order valence-electron chi connectivity index (χ2n) is 6.60. The molecule has 0 aromatic carbocycles. The van der Waals surface area contributed by atoms with E-state index in [1.165, 1.54) is 12.7 Å². The van der Waals surface area contributed by atoms with Crippen LogP contribution in [0.1, 0.15) is 48.3 Å². The van der Waals surface area contributed by atoms with Crippen molar-refractivity contribution in [1.82, 2.24) is 20.2 Å². The lowest BCUT2D eigenvalue weighted by atomic mass is 9.83. The highest BCUT2D eigenvalue weighted by atomic mass is 16.2. The lowest BCUT2D eigenvalue weighted by Gasteiger charge is -2.37. The third-order valence-electron chi connectivity index (χ3n) is 4.97. The van der Waals surface area contributed by atoms with E-state index in [-0.39, 0.29) is 11.8 Å². The minimum absolute atomic E-state index is 0.195. The van der Waals surface area contributed by atoms with Crippen LogP contribution in [0, 0.1) is 11.8 Å². The second-order valence-corrected chi connectivity index (χ2v) is 6.60. The Hall–Kier alpha value is -1.98. The summed E-state index contributed by atoms with van der Waals surface area (Å²) in [5, 5.41) is 2.58. The molecule has 1 saturated heterocycles. The molecule has 1 aliphatic heterocycles. The number of hydrogen-bond donors (Lipinski definition) is 1. The highest BCUT2D eigenvalue weighted by Crippen LogP contribution is 2.30. The van der Waals surface area contributed by atoms with Crippen molar-refractivity contribution in [3.8, 4) is 0 Å². The summed E-state index contributed by atoms with van der Waals surface area (Å²) in [6, 6.07) is 1.76. The fraction of sp³-hybridized carbons (Fsp3) is 0.647. The summed E-state index contributed by atoms with van der Waals surface area (Å²) in [5.41, 5.74) is 1.28. The molecule has 2 heterocycles. The lowest BCUT2D eigenvalue weighted by molar-refractivity contribution is -0.140. The Morgan fingerprint density at radius 1 is 1.26 bits per heavy atom. The number of carbonyl (C=O) groups excluding carboxylic acids is 2. The predicted molar refractivity (Wildman–Crippen MR) is 85.8 cm³/mol. The maximum atomic E-state index is 12.4. The van der Waals surface area contributed by atoms with Gasteiger partial charge in [-0.1, -0.05) is 6.42 Å². The van der Waals surface area contributed by atoms with Gasteiger partial charge in [0.2, 0.25) is 5.91 Å². The zero-order chi connectivity index (χ0) is 16.2. The van der Waals surface area contributed by atoms with Crippen molar-refractivity contribution < 1.29 is 9.59 Å². The fourth-order valence-electron chi connectivity index (χ4n) is 3.40. The molecule has 6 nitrogen and oxygen atoms in total. The smallest absolute Gasteiger partial charge is 0.269 e. The van der Waals surface area contributed by atoms with Crippen molar-refractivity contribution in [2.45, 2.75) is 38.5 Å². The van der Waals surface area contributed by atoms with Gasteiger partial charge in [0.15, 0.2) is 0 Å². The predicted octanol–water partition coefficient (Wildman–Crippen LogP) is 1.42. The number of likely N-dealkylation sites (tertiary alicyclic amines) is 1. The molecule has 2 amide bonds. The summed E-state index contributed by atoms with van der Waals surface area (Å²) < 4.78 is 0. The van der Waals surface area contributed by atoms with Gasteiger partial charge >= 0.3 is 0 Å². The molecule has 23 heavy (non-hydrogen) atoms. The number of piperidine rings is 1. The largest absolute Gasteiger partial charge is 0.354 e. The average Bonchev–Trinajstić information content (AvgIpc) is 2.53. The van der Waals surface area contributed by atoms with Crippen molar-refractivity contribution in [2.24, 2.45) is 11.8 Å². The van der Waals surface area contributed by atoms with E-state index in [0.717, 1.165) is 50.9 Å². The molecule has 2 fully saturated rings. The molecule has 0 bridgehead atoms. The van der Waals surface area contributed by atoms with Gasteiger partial charge in [0.1, 0.15) is 12.0 Å². The first-order chi connectivity index (χ1) is 11.2. The molecular formula is C17H24N4O2. The van der Waals surface area contributed by atoms with Crippen molar-refractivity contribution in [1.29, 1.82) is 0 Å². The van der Waals surface area contributed by atoms with E-state index in [1.807, 2.05) is 4.90 Å². The fourth-order valence-corrected chi connectivity index (χ4v) is 3.40. The van der Waals surface area contributed by atoms with Crippen LogP contribution in [0.5, 0.6) is 0 Å². The molecule has 1 aliphatic carbocycles. The zero-order valence-corrected chi connectivity index (χ0v) is 13.6. The summed E-state index contributed by atoms with van der Waals surface area (Å²) in [5.74, 6) is 0.835. The van der Waals surface area contributed by atoms with Gasteiger partial charge in [-0.3, -0.25) is 9.59 Å². The number of aromatic nitrogens is 2. The number of carbonyl (C=O) groups is 2. The summed E-state index contributed by atoms with van der Waals surface area (Å²) in [4.78, 5) is 34.4. The Bertz CT molecular complexity index is 586. The van der Waals surface area contributed by atoms with Crippen molar-refractivity contribution in [2.75, 3.05) is 20.1 Å². The third kappa shape index (κ3) is 3.68. The topological polar surface area (TPSA) is 75.2 Å². The summed E-state index contributed by atoms with van der Waals surface area (Å²) in [6.07, 6.45) is 7.70. The van der Waals surface area contributed by atoms with Crippen molar-refractivity contribution in [3.05, 3.63) is 23.8 Å². The van der Waals surface area contributed by atoms with Crippen molar-refractivity contribution in [3.63, 3.8) is 0 Å². The normalized spacial score (nSPS) is 21.6. The van der Waals surface area contributed by atoms with Gasteiger partial charge in [0.25, 0.3) is 5.91 Å². The highest BCUT2D eigenvalue weighted by molar-refractivity contribution is 5.91. The van der Waals surface area contributed by atoms with Gasteiger partial charge in [0, 0.05) is 31.7 Å². The molecule has 3 rings (SSSR count). The maximum absolute atomic E-state index is 12.4. The monoisotopic (exact) mass is 316 g/mol. The van der Waals surface area contributed by atoms with Crippen LogP contribution in [-0.2, 0) is 11.2 Å². The Kier molecular flexibility index (Phi) is 4.88. The van der Waals surface area contributed by atoms with E-state index in [9.17, 15) is 9.59 Å².